The zero-order valence-electron chi connectivity index (χ0n) is 10.3. The third-order valence-electron chi connectivity index (χ3n) is 2.36. The predicted molar refractivity (Wildman–Crippen MR) is 60.4 cm³/mol. The van der Waals surface area contributed by atoms with Gasteiger partial charge < -0.3 is 10.1 Å². The van der Waals surface area contributed by atoms with Crippen LogP contribution in [0, 0.1) is 0 Å². The van der Waals surface area contributed by atoms with Gasteiger partial charge in [-0.3, -0.25) is 0 Å². The van der Waals surface area contributed by atoms with Gasteiger partial charge in [0.1, 0.15) is 12.4 Å². The summed E-state index contributed by atoms with van der Waals surface area (Å²) >= 11 is 0. The lowest BCUT2D eigenvalue weighted by molar-refractivity contribution is -0.155. The van der Waals surface area contributed by atoms with Crippen molar-refractivity contribution < 1.29 is 17.9 Å². The van der Waals surface area contributed by atoms with Crippen LogP contribution in [0.25, 0.3) is 0 Å². The van der Waals surface area contributed by atoms with Gasteiger partial charge in [0.25, 0.3) is 0 Å². The molecule has 0 aliphatic carbocycles. The molecular weight excluding hydrogens is 247 g/mol. The Morgan fingerprint density at radius 2 is 2.11 bits per heavy atom. The van der Waals surface area contributed by atoms with Crippen LogP contribution in [0.15, 0.2) is 12.4 Å². The Bertz CT molecular complexity index is 371. The Labute approximate surface area is 104 Å². The SMILES string of the molecule is CCCNC(Cc1cc(OC)ncn1)C(F)(F)F. The second-order valence-corrected chi connectivity index (χ2v) is 3.80. The van der Waals surface area contributed by atoms with Crippen LogP contribution in [0.3, 0.4) is 0 Å². The summed E-state index contributed by atoms with van der Waals surface area (Å²) in [7, 11) is 1.41. The summed E-state index contributed by atoms with van der Waals surface area (Å²) in [6, 6.07) is -0.191. The first-order valence-electron chi connectivity index (χ1n) is 5.62. The highest BCUT2D eigenvalue weighted by Crippen LogP contribution is 2.23. The van der Waals surface area contributed by atoms with Crippen LogP contribution in [0.1, 0.15) is 19.0 Å². The molecule has 0 bridgehead atoms. The molecule has 1 aromatic rings. The van der Waals surface area contributed by atoms with Gasteiger partial charge >= 0.3 is 6.18 Å². The number of halogens is 3. The van der Waals surface area contributed by atoms with E-state index in [1.165, 1.54) is 19.5 Å². The second-order valence-electron chi connectivity index (χ2n) is 3.80. The van der Waals surface area contributed by atoms with Crippen molar-refractivity contribution in [3.05, 3.63) is 18.1 Å². The Morgan fingerprint density at radius 1 is 1.39 bits per heavy atom. The van der Waals surface area contributed by atoms with Crippen molar-refractivity contribution in [2.24, 2.45) is 0 Å². The highest BCUT2D eigenvalue weighted by Gasteiger charge is 2.39. The number of hydrogen-bond acceptors (Lipinski definition) is 4. The third kappa shape index (κ3) is 4.48. The van der Waals surface area contributed by atoms with E-state index in [0.29, 0.717) is 18.7 Å². The first kappa shape index (κ1) is 14.7. The van der Waals surface area contributed by atoms with Gasteiger partial charge in [-0.05, 0) is 13.0 Å². The summed E-state index contributed by atoms with van der Waals surface area (Å²) in [6.45, 7) is 2.13. The van der Waals surface area contributed by atoms with Gasteiger partial charge in [0.05, 0.1) is 7.11 Å². The fourth-order valence-corrected chi connectivity index (χ4v) is 1.43. The molecule has 0 amide bonds. The molecule has 1 aromatic heterocycles. The van der Waals surface area contributed by atoms with Gasteiger partial charge in [-0.25, -0.2) is 9.97 Å². The van der Waals surface area contributed by atoms with E-state index >= 15 is 0 Å². The smallest absolute Gasteiger partial charge is 0.404 e. The average Bonchev–Trinajstić information content (AvgIpc) is 2.33. The molecule has 18 heavy (non-hydrogen) atoms. The topological polar surface area (TPSA) is 47.0 Å². The monoisotopic (exact) mass is 263 g/mol. The van der Waals surface area contributed by atoms with E-state index in [1.807, 2.05) is 6.92 Å². The number of aromatic nitrogens is 2. The minimum Gasteiger partial charge on any atom is -0.481 e. The van der Waals surface area contributed by atoms with Crippen molar-refractivity contribution in [1.82, 2.24) is 15.3 Å². The third-order valence-corrected chi connectivity index (χ3v) is 2.36. The first-order valence-corrected chi connectivity index (χ1v) is 5.62. The predicted octanol–water partition coefficient (Wildman–Crippen LogP) is 1.96. The van der Waals surface area contributed by atoms with Crippen LogP contribution >= 0.6 is 0 Å². The van der Waals surface area contributed by atoms with Crippen LogP contribution in [0.2, 0.25) is 0 Å². The Hall–Kier alpha value is -1.37. The van der Waals surface area contributed by atoms with Crippen molar-refractivity contribution in [2.75, 3.05) is 13.7 Å². The summed E-state index contributed by atoms with van der Waals surface area (Å²) in [5.41, 5.74) is 0.299. The summed E-state index contributed by atoms with van der Waals surface area (Å²) in [5.74, 6) is 0.261. The molecule has 0 saturated carbocycles. The lowest BCUT2D eigenvalue weighted by Crippen LogP contribution is -2.44. The Kier molecular flexibility index (Phi) is 5.33. The van der Waals surface area contributed by atoms with Crippen LogP contribution in [-0.4, -0.2) is 35.8 Å². The van der Waals surface area contributed by atoms with Crippen LogP contribution in [-0.2, 0) is 6.42 Å². The zero-order chi connectivity index (χ0) is 13.6. The van der Waals surface area contributed by atoms with Crippen molar-refractivity contribution >= 4 is 0 Å². The quantitative estimate of drug-likeness (QED) is 0.852. The molecule has 1 rings (SSSR count). The summed E-state index contributed by atoms with van der Waals surface area (Å²) in [5, 5.41) is 2.47. The fraction of sp³-hybridized carbons (Fsp3) is 0.636. The standard InChI is InChI=1S/C11H16F3N3O/c1-3-4-15-9(11(12,13)14)5-8-6-10(18-2)17-7-16-8/h6-7,9,15H,3-5H2,1-2H3. The van der Waals surface area contributed by atoms with Crippen LogP contribution in [0.5, 0.6) is 5.88 Å². The largest absolute Gasteiger partial charge is 0.481 e. The number of nitrogens with one attached hydrogen (secondary N) is 1. The van der Waals surface area contributed by atoms with Gasteiger partial charge in [0.2, 0.25) is 5.88 Å². The summed E-state index contributed by atoms with van der Waals surface area (Å²) in [6.07, 6.45) is -2.70. The van der Waals surface area contributed by atoms with Gasteiger partial charge in [-0.2, -0.15) is 13.2 Å². The zero-order valence-corrected chi connectivity index (χ0v) is 10.3. The minimum absolute atomic E-state index is 0.234. The van der Waals surface area contributed by atoms with Crippen molar-refractivity contribution in [1.29, 1.82) is 0 Å². The van der Waals surface area contributed by atoms with E-state index in [9.17, 15) is 13.2 Å². The van der Waals surface area contributed by atoms with Crippen molar-refractivity contribution in [3.8, 4) is 5.88 Å². The summed E-state index contributed by atoms with van der Waals surface area (Å²) < 4.78 is 43.2. The molecular formula is C11H16F3N3O. The first-order chi connectivity index (χ1) is 8.47. The molecule has 0 fully saturated rings. The minimum atomic E-state index is -4.30. The highest BCUT2D eigenvalue weighted by atomic mass is 19.4. The molecule has 1 atom stereocenters. The summed E-state index contributed by atoms with van der Waals surface area (Å²) in [4.78, 5) is 7.57. The number of methoxy groups -OCH3 is 1. The van der Waals surface area contributed by atoms with Crippen molar-refractivity contribution in [2.45, 2.75) is 32.0 Å². The lowest BCUT2D eigenvalue weighted by Gasteiger charge is -2.21. The van der Waals surface area contributed by atoms with E-state index in [0.717, 1.165) is 0 Å². The van der Waals surface area contributed by atoms with Crippen molar-refractivity contribution in [3.63, 3.8) is 0 Å². The van der Waals surface area contributed by atoms with E-state index < -0.39 is 12.2 Å². The number of alkyl halides is 3. The van der Waals surface area contributed by atoms with E-state index in [2.05, 4.69) is 15.3 Å². The molecule has 0 aliphatic heterocycles. The maximum atomic E-state index is 12.8. The molecule has 4 nitrogen and oxygen atoms in total. The number of rotatable bonds is 6. The van der Waals surface area contributed by atoms with Gasteiger partial charge in [0, 0.05) is 18.2 Å². The number of hydrogen-bond donors (Lipinski definition) is 1. The molecule has 0 aromatic carbocycles. The second kappa shape index (κ2) is 6.53. The molecule has 1 unspecified atom stereocenters. The van der Waals surface area contributed by atoms with Crippen LogP contribution < -0.4 is 10.1 Å². The maximum Gasteiger partial charge on any atom is 0.404 e. The highest BCUT2D eigenvalue weighted by molar-refractivity contribution is 5.14. The molecule has 0 radical (unpaired) electrons. The Balaban J connectivity index is 2.75. The van der Waals surface area contributed by atoms with E-state index in [1.54, 1.807) is 0 Å². The number of nitrogens with zero attached hydrogens (tertiary/aromatic N) is 2. The molecule has 1 N–H and O–H groups in total. The maximum absolute atomic E-state index is 12.8. The molecule has 0 saturated heterocycles. The molecule has 1 heterocycles. The molecule has 0 spiro atoms. The Morgan fingerprint density at radius 3 is 2.67 bits per heavy atom. The fourth-order valence-electron chi connectivity index (χ4n) is 1.43. The van der Waals surface area contributed by atoms with Gasteiger partial charge in [-0.15, -0.1) is 0 Å². The molecule has 7 heteroatoms. The van der Waals surface area contributed by atoms with E-state index in [-0.39, 0.29) is 12.3 Å². The molecule has 0 aliphatic rings. The normalized spacial score (nSPS) is 13.4. The van der Waals surface area contributed by atoms with E-state index in [4.69, 9.17) is 4.74 Å². The lowest BCUT2D eigenvalue weighted by atomic mass is 10.1. The number of ether oxygens (including phenoxy) is 1. The van der Waals surface area contributed by atoms with Gasteiger partial charge in [0.15, 0.2) is 0 Å². The average molecular weight is 263 g/mol. The molecule has 102 valence electrons. The van der Waals surface area contributed by atoms with Crippen LogP contribution in [0.4, 0.5) is 13.2 Å². The van der Waals surface area contributed by atoms with Gasteiger partial charge in [-0.1, -0.05) is 6.92 Å².